The van der Waals surface area contributed by atoms with Gasteiger partial charge >= 0.3 is 0 Å². The minimum Gasteiger partial charge on any atom is -0.495 e. The first kappa shape index (κ1) is 21.3. The molecule has 0 saturated carbocycles. The van der Waals surface area contributed by atoms with Crippen LogP contribution in [0.25, 0.3) is 0 Å². The lowest BCUT2D eigenvalue weighted by atomic mass is 10.1. The molecule has 1 unspecified atom stereocenters. The van der Waals surface area contributed by atoms with Crippen LogP contribution in [0.3, 0.4) is 0 Å². The normalized spacial score (nSPS) is 15.9. The molecular weight excluding hydrogens is 432 g/mol. The van der Waals surface area contributed by atoms with Gasteiger partial charge in [-0.05, 0) is 36.8 Å². The highest BCUT2D eigenvalue weighted by atomic mass is 32.2. The summed E-state index contributed by atoms with van der Waals surface area (Å²) >= 11 is 3.02. The zero-order valence-corrected chi connectivity index (χ0v) is 18.8. The van der Waals surface area contributed by atoms with Crippen LogP contribution in [-0.4, -0.2) is 35.7 Å². The monoisotopic (exact) mass is 454 g/mol. The number of nitrogens with zero attached hydrogens (tertiary/aromatic N) is 3. The van der Waals surface area contributed by atoms with Gasteiger partial charge in [0.15, 0.2) is 0 Å². The molecule has 2 amide bonds. The Morgan fingerprint density at radius 1 is 1.26 bits per heavy atom. The number of methoxy groups -OCH3 is 1. The fourth-order valence-electron chi connectivity index (χ4n) is 3.36. The highest BCUT2D eigenvalue weighted by Gasteiger charge is 2.36. The number of benzene rings is 2. The number of aromatic nitrogens is 2. The van der Waals surface area contributed by atoms with Gasteiger partial charge in [0.1, 0.15) is 10.8 Å². The van der Waals surface area contributed by atoms with Crippen molar-refractivity contribution in [2.24, 2.45) is 5.92 Å². The third-order valence-electron chi connectivity index (χ3n) is 4.92. The van der Waals surface area contributed by atoms with Crippen LogP contribution in [0.15, 0.2) is 53.4 Å². The lowest BCUT2D eigenvalue weighted by Gasteiger charge is -2.20. The molecule has 0 aliphatic carbocycles. The summed E-state index contributed by atoms with van der Waals surface area (Å²) in [5, 5.41) is 12.3. The molecule has 1 N–H and O–H groups in total. The molecule has 1 aliphatic rings. The van der Waals surface area contributed by atoms with Gasteiger partial charge in [0.2, 0.25) is 16.9 Å². The van der Waals surface area contributed by atoms with Gasteiger partial charge in [-0.1, -0.05) is 35.6 Å². The fourth-order valence-corrected chi connectivity index (χ4v) is 5.01. The Morgan fingerprint density at radius 3 is 2.84 bits per heavy atom. The minimum absolute atomic E-state index is 0.0961. The van der Waals surface area contributed by atoms with Gasteiger partial charge < -0.3 is 15.0 Å². The van der Waals surface area contributed by atoms with E-state index in [-0.39, 0.29) is 18.2 Å². The average Bonchev–Trinajstić information content (AvgIpc) is 3.39. The Labute approximate surface area is 188 Å². The first-order valence-corrected chi connectivity index (χ1v) is 11.6. The van der Waals surface area contributed by atoms with Gasteiger partial charge in [0.25, 0.3) is 0 Å². The molecule has 3 aromatic rings. The van der Waals surface area contributed by atoms with E-state index in [4.69, 9.17) is 4.74 Å². The second-order valence-electron chi connectivity index (χ2n) is 7.17. The second-order valence-corrected chi connectivity index (χ2v) is 9.28. The number of thioether (sulfide) groups is 1. The Morgan fingerprint density at radius 2 is 2.06 bits per heavy atom. The van der Waals surface area contributed by atoms with Crippen LogP contribution in [0.4, 0.5) is 10.8 Å². The van der Waals surface area contributed by atoms with Crippen LogP contribution in [-0.2, 0) is 15.3 Å². The Balaban J connectivity index is 1.37. The molecule has 1 aromatic heterocycles. The number of aryl methyl sites for hydroxylation is 1. The van der Waals surface area contributed by atoms with E-state index in [0.29, 0.717) is 28.9 Å². The van der Waals surface area contributed by atoms with Crippen molar-refractivity contribution in [3.05, 3.63) is 59.1 Å². The summed E-state index contributed by atoms with van der Waals surface area (Å²) in [4.78, 5) is 28.1. The smallest absolute Gasteiger partial charge is 0.231 e. The third kappa shape index (κ3) is 5.05. The molecule has 160 valence electrons. The summed E-state index contributed by atoms with van der Waals surface area (Å²) in [6.07, 6.45) is 0.151. The number of hydrogen-bond donors (Lipinski definition) is 1. The Bertz CT molecular complexity index is 1090. The summed E-state index contributed by atoms with van der Waals surface area (Å²) in [6, 6.07) is 15.7. The van der Waals surface area contributed by atoms with Crippen LogP contribution < -0.4 is 15.0 Å². The number of hydrogen-bond acceptors (Lipinski definition) is 7. The largest absolute Gasteiger partial charge is 0.495 e. The molecule has 2 heterocycles. The van der Waals surface area contributed by atoms with E-state index >= 15 is 0 Å². The van der Waals surface area contributed by atoms with E-state index in [2.05, 4.69) is 15.5 Å². The maximum absolute atomic E-state index is 12.8. The second kappa shape index (κ2) is 9.49. The molecule has 7 nitrogen and oxygen atoms in total. The number of rotatable bonds is 7. The first-order chi connectivity index (χ1) is 15.0. The molecule has 2 aromatic carbocycles. The lowest BCUT2D eigenvalue weighted by Crippen LogP contribution is -2.28. The summed E-state index contributed by atoms with van der Waals surface area (Å²) in [5.41, 5.74) is 1.71. The zero-order chi connectivity index (χ0) is 21.8. The minimum atomic E-state index is -0.455. The van der Waals surface area contributed by atoms with Crippen molar-refractivity contribution in [1.82, 2.24) is 10.2 Å². The highest BCUT2D eigenvalue weighted by Crippen LogP contribution is 2.34. The van der Waals surface area contributed by atoms with Crippen LogP contribution in [0.1, 0.15) is 17.0 Å². The fraction of sp³-hybridized carbons (Fsp3) is 0.273. The van der Waals surface area contributed by atoms with E-state index in [1.807, 2.05) is 55.5 Å². The quantitative estimate of drug-likeness (QED) is 0.540. The van der Waals surface area contributed by atoms with Crippen molar-refractivity contribution in [2.45, 2.75) is 24.0 Å². The Kier molecular flexibility index (Phi) is 6.53. The molecule has 1 saturated heterocycles. The molecular formula is C22H22N4O3S2. The molecule has 31 heavy (non-hydrogen) atoms. The van der Waals surface area contributed by atoms with E-state index in [1.54, 1.807) is 23.8 Å². The van der Waals surface area contributed by atoms with Crippen molar-refractivity contribution in [3.8, 4) is 5.75 Å². The molecule has 9 heteroatoms. The van der Waals surface area contributed by atoms with E-state index in [1.165, 1.54) is 11.3 Å². The number of carbonyl (C=O) groups excluding carboxylic acids is 2. The molecule has 1 fully saturated rings. The maximum atomic E-state index is 12.8. The number of ether oxygens (including phenoxy) is 1. The third-order valence-corrected chi connectivity index (χ3v) is 6.97. The summed E-state index contributed by atoms with van der Waals surface area (Å²) in [5.74, 6) is 0.524. The maximum Gasteiger partial charge on any atom is 0.231 e. The summed E-state index contributed by atoms with van der Waals surface area (Å²) < 4.78 is 5.40. The van der Waals surface area contributed by atoms with Crippen LogP contribution >= 0.6 is 23.1 Å². The van der Waals surface area contributed by atoms with E-state index in [9.17, 15) is 9.59 Å². The molecule has 0 bridgehead atoms. The van der Waals surface area contributed by atoms with Crippen molar-refractivity contribution >= 4 is 45.7 Å². The van der Waals surface area contributed by atoms with Crippen LogP contribution in [0, 0.1) is 12.8 Å². The first-order valence-electron chi connectivity index (χ1n) is 9.79. The van der Waals surface area contributed by atoms with Crippen LogP contribution in [0.2, 0.25) is 0 Å². The number of carbonyl (C=O) groups is 2. The van der Waals surface area contributed by atoms with Crippen molar-refractivity contribution in [1.29, 1.82) is 0 Å². The van der Waals surface area contributed by atoms with Crippen molar-refractivity contribution in [2.75, 3.05) is 23.9 Å². The predicted molar refractivity (Wildman–Crippen MR) is 123 cm³/mol. The predicted octanol–water partition coefficient (Wildman–Crippen LogP) is 4.14. The van der Waals surface area contributed by atoms with Crippen LogP contribution in [0.5, 0.6) is 5.75 Å². The van der Waals surface area contributed by atoms with Crippen molar-refractivity contribution in [3.63, 3.8) is 0 Å². The molecule has 1 atom stereocenters. The number of amides is 2. The molecule has 0 spiro atoms. The molecule has 4 rings (SSSR count). The standard InChI is InChI=1S/C22H22N4O3S2/c1-14-8-9-18(29-2)17(10-14)26-12-15(11-20(26)27)21(28)23-22-25-24-19(31-22)13-30-16-6-4-3-5-7-16/h3-10,15H,11-13H2,1-2H3,(H,23,25,28). The van der Waals surface area contributed by atoms with E-state index in [0.717, 1.165) is 15.5 Å². The van der Waals surface area contributed by atoms with Gasteiger partial charge in [-0.15, -0.1) is 22.0 Å². The number of nitrogens with one attached hydrogen (secondary N) is 1. The topological polar surface area (TPSA) is 84.4 Å². The molecule has 0 radical (unpaired) electrons. The highest BCUT2D eigenvalue weighted by molar-refractivity contribution is 7.98. The van der Waals surface area contributed by atoms with Crippen molar-refractivity contribution < 1.29 is 14.3 Å². The van der Waals surface area contributed by atoms with Gasteiger partial charge in [0.05, 0.1) is 24.5 Å². The van der Waals surface area contributed by atoms with Gasteiger partial charge in [-0.25, -0.2) is 0 Å². The molecule has 1 aliphatic heterocycles. The summed E-state index contributed by atoms with van der Waals surface area (Å²) in [7, 11) is 1.57. The SMILES string of the molecule is COc1ccc(C)cc1N1CC(C(=O)Nc2nnc(CSc3ccccc3)s2)CC1=O. The Hall–Kier alpha value is -2.91. The lowest BCUT2D eigenvalue weighted by molar-refractivity contribution is -0.122. The average molecular weight is 455 g/mol. The van der Waals surface area contributed by atoms with E-state index < -0.39 is 5.92 Å². The zero-order valence-electron chi connectivity index (χ0n) is 17.2. The number of anilines is 2. The summed E-state index contributed by atoms with van der Waals surface area (Å²) in [6.45, 7) is 2.26. The van der Waals surface area contributed by atoms with Gasteiger partial charge in [-0.3, -0.25) is 9.59 Å². The van der Waals surface area contributed by atoms with Gasteiger partial charge in [0, 0.05) is 17.9 Å². The van der Waals surface area contributed by atoms with Gasteiger partial charge in [-0.2, -0.15) is 0 Å².